The molecule has 1 amide bonds. The molecular weight excluding hydrogens is 309 g/mol. The molecule has 2 aromatic heterocycles. The Morgan fingerprint density at radius 2 is 2.04 bits per heavy atom. The molecule has 0 radical (unpaired) electrons. The average molecular weight is 320 g/mol. The predicted octanol–water partition coefficient (Wildman–Crippen LogP) is 2.76. The number of fused-ring (bicyclic) bond motifs is 1. The van der Waals surface area contributed by atoms with Crippen molar-refractivity contribution in [2.75, 3.05) is 0 Å². The van der Waals surface area contributed by atoms with E-state index in [4.69, 9.17) is 5.73 Å². The first-order chi connectivity index (χ1) is 10.8. The molecule has 8 heteroatoms. The van der Waals surface area contributed by atoms with Crippen LogP contribution in [0.4, 0.5) is 13.2 Å². The Morgan fingerprint density at radius 1 is 1.26 bits per heavy atom. The Bertz CT molecular complexity index is 886. The van der Waals surface area contributed by atoms with Gasteiger partial charge in [0.15, 0.2) is 0 Å². The second kappa shape index (κ2) is 5.38. The molecule has 0 bridgehead atoms. The summed E-state index contributed by atoms with van der Waals surface area (Å²) in [5, 5.41) is 4.39. The first kappa shape index (κ1) is 15.0. The summed E-state index contributed by atoms with van der Waals surface area (Å²) >= 11 is 0. The summed E-state index contributed by atoms with van der Waals surface area (Å²) in [5.41, 5.74) is 7.19. The standard InChI is InChI=1S/C15H11F3N4O/c16-15(17,18)8-22-7-11(6-21-22)12-3-1-2-9-4-10(14(19)23)5-20-13(9)12/h1-7H,8H2,(H2,19,23). The van der Waals surface area contributed by atoms with Crippen LogP contribution >= 0.6 is 0 Å². The van der Waals surface area contributed by atoms with E-state index < -0.39 is 18.6 Å². The van der Waals surface area contributed by atoms with Gasteiger partial charge in [0.2, 0.25) is 5.91 Å². The van der Waals surface area contributed by atoms with E-state index in [2.05, 4.69) is 10.1 Å². The molecule has 1 aromatic carbocycles. The Morgan fingerprint density at radius 3 is 2.74 bits per heavy atom. The van der Waals surface area contributed by atoms with Crippen LogP contribution in [0, 0.1) is 0 Å². The quantitative estimate of drug-likeness (QED) is 0.806. The third-order valence-corrected chi connectivity index (χ3v) is 3.28. The molecular formula is C15H11F3N4O. The second-order valence-electron chi connectivity index (χ2n) is 5.01. The number of amides is 1. The number of primary amides is 1. The maximum Gasteiger partial charge on any atom is 0.408 e. The van der Waals surface area contributed by atoms with Gasteiger partial charge in [-0.2, -0.15) is 18.3 Å². The monoisotopic (exact) mass is 320 g/mol. The summed E-state index contributed by atoms with van der Waals surface area (Å²) in [4.78, 5) is 15.4. The van der Waals surface area contributed by atoms with Crippen LogP contribution in [0.3, 0.4) is 0 Å². The van der Waals surface area contributed by atoms with Crippen LogP contribution in [0.15, 0.2) is 42.9 Å². The lowest BCUT2D eigenvalue weighted by atomic mass is 10.0. The number of para-hydroxylation sites is 1. The Kier molecular flexibility index (Phi) is 3.51. The van der Waals surface area contributed by atoms with Gasteiger partial charge < -0.3 is 5.73 Å². The van der Waals surface area contributed by atoms with Crippen molar-refractivity contribution in [2.45, 2.75) is 12.7 Å². The predicted molar refractivity (Wildman–Crippen MR) is 77.5 cm³/mol. The second-order valence-corrected chi connectivity index (χ2v) is 5.01. The number of rotatable bonds is 3. The zero-order chi connectivity index (χ0) is 16.6. The molecule has 0 aliphatic rings. The van der Waals surface area contributed by atoms with Crippen LogP contribution in [0.2, 0.25) is 0 Å². The van der Waals surface area contributed by atoms with Crippen LogP contribution in [0.1, 0.15) is 10.4 Å². The van der Waals surface area contributed by atoms with Crippen molar-refractivity contribution in [3.63, 3.8) is 0 Å². The highest BCUT2D eigenvalue weighted by atomic mass is 19.4. The molecule has 118 valence electrons. The summed E-state index contributed by atoms with van der Waals surface area (Å²) < 4.78 is 38.1. The highest BCUT2D eigenvalue weighted by Crippen LogP contribution is 2.28. The molecule has 0 atom stereocenters. The number of nitrogens with zero attached hydrogens (tertiary/aromatic N) is 3. The number of carbonyl (C=O) groups excluding carboxylic acids is 1. The van der Waals surface area contributed by atoms with Gasteiger partial charge in [0.1, 0.15) is 6.54 Å². The number of nitrogens with two attached hydrogens (primary N) is 1. The van der Waals surface area contributed by atoms with Crippen molar-refractivity contribution >= 4 is 16.8 Å². The van der Waals surface area contributed by atoms with Gasteiger partial charge in [-0.05, 0) is 6.07 Å². The van der Waals surface area contributed by atoms with Crippen LogP contribution in [-0.4, -0.2) is 26.8 Å². The van der Waals surface area contributed by atoms with E-state index in [1.807, 2.05) is 0 Å². The molecule has 0 saturated heterocycles. The first-order valence-electron chi connectivity index (χ1n) is 6.62. The molecule has 0 fully saturated rings. The Balaban J connectivity index is 2.05. The molecule has 0 spiro atoms. The Labute approximate surface area is 128 Å². The lowest BCUT2D eigenvalue weighted by Crippen LogP contribution is -2.17. The van der Waals surface area contributed by atoms with E-state index in [1.165, 1.54) is 18.6 Å². The van der Waals surface area contributed by atoms with Crippen LogP contribution in [0.5, 0.6) is 0 Å². The minimum atomic E-state index is -4.34. The van der Waals surface area contributed by atoms with Gasteiger partial charge in [-0.15, -0.1) is 0 Å². The fourth-order valence-corrected chi connectivity index (χ4v) is 2.30. The molecule has 3 aromatic rings. The van der Waals surface area contributed by atoms with Gasteiger partial charge in [-0.25, -0.2) is 0 Å². The lowest BCUT2D eigenvalue weighted by molar-refractivity contribution is -0.142. The highest BCUT2D eigenvalue weighted by Gasteiger charge is 2.28. The molecule has 0 saturated carbocycles. The zero-order valence-corrected chi connectivity index (χ0v) is 11.7. The van der Waals surface area contributed by atoms with Gasteiger partial charge in [-0.3, -0.25) is 14.5 Å². The number of alkyl halides is 3. The van der Waals surface area contributed by atoms with Gasteiger partial charge in [-0.1, -0.05) is 18.2 Å². The fraction of sp³-hybridized carbons (Fsp3) is 0.133. The van der Waals surface area contributed by atoms with E-state index in [-0.39, 0.29) is 5.56 Å². The molecule has 0 unspecified atom stereocenters. The normalized spacial score (nSPS) is 11.8. The number of benzene rings is 1. The maximum atomic E-state index is 12.4. The number of halogens is 3. The summed E-state index contributed by atoms with van der Waals surface area (Å²) in [6.07, 6.45) is -0.332. The number of hydrogen-bond acceptors (Lipinski definition) is 3. The third kappa shape index (κ3) is 3.15. The summed E-state index contributed by atoms with van der Waals surface area (Å²) in [5.74, 6) is -0.595. The molecule has 23 heavy (non-hydrogen) atoms. The smallest absolute Gasteiger partial charge is 0.366 e. The van der Waals surface area contributed by atoms with Gasteiger partial charge in [0.25, 0.3) is 0 Å². The summed E-state index contributed by atoms with van der Waals surface area (Å²) in [6, 6.07) is 6.80. The molecule has 0 aliphatic carbocycles. The van der Waals surface area contributed by atoms with E-state index >= 15 is 0 Å². The molecule has 3 rings (SSSR count). The van der Waals surface area contributed by atoms with Gasteiger partial charge in [0.05, 0.1) is 17.3 Å². The van der Waals surface area contributed by atoms with Crippen LogP contribution in [0.25, 0.3) is 22.0 Å². The van der Waals surface area contributed by atoms with Crippen molar-refractivity contribution in [1.82, 2.24) is 14.8 Å². The first-order valence-corrected chi connectivity index (χ1v) is 6.62. The lowest BCUT2D eigenvalue weighted by Gasteiger charge is -2.06. The zero-order valence-electron chi connectivity index (χ0n) is 11.7. The summed E-state index contributed by atoms with van der Waals surface area (Å²) in [7, 11) is 0. The number of carbonyl (C=O) groups is 1. The average Bonchev–Trinajstić information content (AvgIpc) is 2.92. The Hall–Kier alpha value is -2.90. The van der Waals surface area contributed by atoms with Crippen molar-refractivity contribution in [3.05, 3.63) is 48.4 Å². The van der Waals surface area contributed by atoms with Crippen molar-refractivity contribution in [3.8, 4) is 11.1 Å². The topological polar surface area (TPSA) is 73.8 Å². The van der Waals surface area contributed by atoms with Crippen molar-refractivity contribution in [2.24, 2.45) is 5.73 Å². The third-order valence-electron chi connectivity index (χ3n) is 3.28. The minimum Gasteiger partial charge on any atom is -0.366 e. The van der Waals surface area contributed by atoms with Crippen molar-refractivity contribution in [1.29, 1.82) is 0 Å². The van der Waals surface area contributed by atoms with Gasteiger partial charge >= 0.3 is 6.18 Å². The fourth-order valence-electron chi connectivity index (χ4n) is 2.30. The highest BCUT2D eigenvalue weighted by molar-refractivity contribution is 5.99. The van der Waals surface area contributed by atoms with Gasteiger partial charge in [0, 0.05) is 28.9 Å². The minimum absolute atomic E-state index is 0.266. The van der Waals surface area contributed by atoms with E-state index in [0.717, 1.165) is 4.68 Å². The van der Waals surface area contributed by atoms with E-state index in [9.17, 15) is 18.0 Å². The number of pyridine rings is 1. The molecule has 5 nitrogen and oxygen atoms in total. The van der Waals surface area contributed by atoms with Crippen LogP contribution in [-0.2, 0) is 6.54 Å². The van der Waals surface area contributed by atoms with Crippen molar-refractivity contribution < 1.29 is 18.0 Å². The largest absolute Gasteiger partial charge is 0.408 e. The molecule has 2 heterocycles. The maximum absolute atomic E-state index is 12.4. The SMILES string of the molecule is NC(=O)c1cnc2c(-c3cnn(CC(F)(F)F)c3)cccc2c1. The number of hydrogen-bond donors (Lipinski definition) is 1. The van der Waals surface area contributed by atoms with E-state index in [0.29, 0.717) is 22.0 Å². The number of aromatic nitrogens is 3. The summed E-state index contributed by atoms with van der Waals surface area (Å²) in [6.45, 7) is -1.16. The molecule has 0 aliphatic heterocycles. The van der Waals surface area contributed by atoms with Crippen LogP contribution < -0.4 is 5.73 Å². The molecule has 2 N–H and O–H groups in total. The van der Waals surface area contributed by atoms with E-state index in [1.54, 1.807) is 24.3 Å².